The zero-order valence-corrected chi connectivity index (χ0v) is 12.3. The Labute approximate surface area is 119 Å². The predicted octanol–water partition coefficient (Wildman–Crippen LogP) is 1.21. The van der Waals surface area contributed by atoms with Crippen molar-refractivity contribution >= 4 is 11.8 Å². The van der Waals surface area contributed by atoms with Gasteiger partial charge in [-0.2, -0.15) is 0 Å². The molecule has 2 rings (SSSR count). The molecule has 0 spiro atoms. The average molecular weight is 278 g/mol. The minimum absolute atomic E-state index is 0.0157. The van der Waals surface area contributed by atoms with Crippen LogP contribution in [0.5, 0.6) is 0 Å². The van der Waals surface area contributed by atoms with E-state index in [2.05, 4.69) is 20.2 Å². The summed E-state index contributed by atoms with van der Waals surface area (Å²) in [6.07, 6.45) is 0.846. The molecule has 0 aromatic carbocycles. The number of ether oxygens (including phenoxy) is 1. The van der Waals surface area contributed by atoms with E-state index in [0.717, 1.165) is 43.4 Å². The molecule has 1 aliphatic heterocycles. The number of nitrogens with one attached hydrogen (secondary N) is 1. The number of anilines is 1. The lowest BCUT2D eigenvalue weighted by Gasteiger charge is -2.15. The molecule has 1 N–H and O–H groups in total. The maximum absolute atomic E-state index is 11.5. The molecule has 1 fully saturated rings. The van der Waals surface area contributed by atoms with Crippen molar-refractivity contribution in [2.75, 3.05) is 32.1 Å². The van der Waals surface area contributed by atoms with Crippen LogP contribution in [0.25, 0.3) is 0 Å². The first-order valence-electron chi connectivity index (χ1n) is 7.01. The van der Waals surface area contributed by atoms with Gasteiger partial charge in [0, 0.05) is 24.8 Å². The first-order valence-corrected chi connectivity index (χ1v) is 7.01. The van der Waals surface area contributed by atoms with Gasteiger partial charge in [0.05, 0.1) is 19.6 Å². The molecule has 0 amide bonds. The van der Waals surface area contributed by atoms with Gasteiger partial charge in [-0.05, 0) is 26.8 Å². The summed E-state index contributed by atoms with van der Waals surface area (Å²) < 4.78 is 4.80. The average Bonchev–Trinajstić information content (AvgIpc) is 2.86. The third-order valence-electron chi connectivity index (χ3n) is 3.43. The predicted molar refractivity (Wildman–Crippen MR) is 76.3 cm³/mol. The molecule has 1 saturated heterocycles. The molecule has 1 aromatic rings. The molecule has 20 heavy (non-hydrogen) atoms. The van der Waals surface area contributed by atoms with Crippen molar-refractivity contribution < 1.29 is 9.53 Å². The first kappa shape index (κ1) is 14.7. The molecule has 2 heterocycles. The van der Waals surface area contributed by atoms with Crippen LogP contribution in [0.1, 0.15) is 24.9 Å². The van der Waals surface area contributed by atoms with E-state index >= 15 is 0 Å². The highest BCUT2D eigenvalue weighted by Gasteiger charge is 2.29. The third kappa shape index (κ3) is 3.66. The van der Waals surface area contributed by atoms with Gasteiger partial charge < -0.3 is 10.1 Å². The number of rotatable bonds is 5. The van der Waals surface area contributed by atoms with E-state index in [4.69, 9.17) is 4.74 Å². The van der Waals surface area contributed by atoms with Crippen LogP contribution in [0, 0.1) is 12.8 Å². The van der Waals surface area contributed by atoms with Gasteiger partial charge in [-0.15, -0.1) is 0 Å². The third-order valence-corrected chi connectivity index (χ3v) is 3.43. The Kier molecular flexibility index (Phi) is 4.89. The van der Waals surface area contributed by atoms with E-state index < -0.39 is 0 Å². The van der Waals surface area contributed by atoms with Gasteiger partial charge in [0.25, 0.3) is 0 Å². The Morgan fingerprint density at radius 1 is 1.55 bits per heavy atom. The highest BCUT2D eigenvalue weighted by molar-refractivity contribution is 5.72. The second-order valence-electron chi connectivity index (χ2n) is 5.08. The van der Waals surface area contributed by atoms with Crippen LogP contribution < -0.4 is 5.32 Å². The van der Waals surface area contributed by atoms with Crippen molar-refractivity contribution in [3.05, 3.63) is 17.6 Å². The van der Waals surface area contributed by atoms with E-state index in [-0.39, 0.29) is 11.9 Å². The van der Waals surface area contributed by atoms with Crippen LogP contribution in [-0.4, -0.2) is 47.6 Å². The minimum Gasteiger partial charge on any atom is -0.469 e. The molecule has 0 aliphatic carbocycles. The first-order chi connectivity index (χ1) is 9.62. The lowest BCUT2D eigenvalue weighted by Crippen LogP contribution is -2.24. The lowest BCUT2D eigenvalue weighted by atomic mass is 10.1. The van der Waals surface area contributed by atoms with Gasteiger partial charge in [-0.1, -0.05) is 0 Å². The molecule has 6 heteroatoms. The van der Waals surface area contributed by atoms with Crippen LogP contribution in [0.4, 0.5) is 5.82 Å². The maximum atomic E-state index is 11.5. The number of nitrogens with zero attached hydrogens (tertiary/aromatic N) is 3. The summed E-state index contributed by atoms with van der Waals surface area (Å²) in [7, 11) is 1.44. The van der Waals surface area contributed by atoms with Gasteiger partial charge in [-0.3, -0.25) is 9.69 Å². The fourth-order valence-corrected chi connectivity index (χ4v) is 2.51. The van der Waals surface area contributed by atoms with E-state index in [1.54, 1.807) is 0 Å². The molecular weight excluding hydrogens is 256 g/mol. The molecule has 1 aliphatic rings. The normalized spacial score (nSPS) is 19.1. The summed E-state index contributed by atoms with van der Waals surface area (Å²) in [6, 6.07) is 1.94. The van der Waals surface area contributed by atoms with E-state index in [1.807, 2.05) is 19.9 Å². The number of carbonyl (C=O) groups excluding carboxylic acids is 1. The van der Waals surface area contributed by atoms with Gasteiger partial charge in [0.2, 0.25) is 0 Å². The Morgan fingerprint density at radius 3 is 3.05 bits per heavy atom. The SMILES string of the molecule is CCNc1cc(C)nc(CN2CCC(C(=O)OC)C2)n1. The van der Waals surface area contributed by atoms with Gasteiger partial charge in [0.15, 0.2) is 0 Å². The molecule has 0 bridgehead atoms. The Hall–Kier alpha value is -1.69. The number of hydrogen-bond acceptors (Lipinski definition) is 6. The molecular formula is C14H22N4O2. The minimum atomic E-state index is -0.119. The van der Waals surface area contributed by atoms with Gasteiger partial charge in [-0.25, -0.2) is 9.97 Å². The van der Waals surface area contributed by atoms with E-state index in [9.17, 15) is 4.79 Å². The van der Waals surface area contributed by atoms with Crippen LogP contribution >= 0.6 is 0 Å². The Bertz CT molecular complexity index is 478. The van der Waals surface area contributed by atoms with Crippen molar-refractivity contribution in [2.24, 2.45) is 5.92 Å². The fraction of sp³-hybridized carbons (Fsp3) is 0.643. The molecule has 0 radical (unpaired) electrons. The summed E-state index contributed by atoms with van der Waals surface area (Å²) >= 11 is 0. The second-order valence-corrected chi connectivity index (χ2v) is 5.08. The monoisotopic (exact) mass is 278 g/mol. The number of methoxy groups -OCH3 is 1. The number of likely N-dealkylation sites (tertiary alicyclic amines) is 1. The number of aromatic nitrogens is 2. The smallest absolute Gasteiger partial charge is 0.310 e. The molecule has 1 atom stereocenters. The highest BCUT2D eigenvalue weighted by atomic mass is 16.5. The Balaban J connectivity index is 1.98. The largest absolute Gasteiger partial charge is 0.469 e. The summed E-state index contributed by atoms with van der Waals surface area (Å²) in [5.41, 5.74) is 0.953. The molecule has 110 valence electrons. The standard InChI is InChI=1S/C14H22N4O2/c1-4-15-12-7-10(2)16-13(17-12)9-18-6-5-11(8-18)14(19)20-3/h7,11H,4-6,8-9H2,1-3H3,(H,15,16,17). The summed E-state index contributed by atoms with van der Waals surface area (Å²) in [5, 5.41) is 3.21. The molecule has 1 unspecified atom stereocenters. The highest BCUT2D eigenvalue weighted by Crippen LogP contribution is 2.19. The van der Waals surface area contributed by atoms with Crippen molar-refractivity contribution in [2.45, 2.75) is 26.8 Å². The number of aryl methyl sites for hydroxylation is 1. The van der Waals surface area contributed by atoms with Crippen molar-refractivity contribution in [3.63, 3.8) is 0 Å². The molecule has 0 saturated carbocycles. The van der Waals surface area contributed by atoms with Crippen LogP contribution in [0.3, 0.4) is 0 Å². The van der Waals surface area contributed by atoms with E-state index in [0.29, 0.717) is 6.54 Å². The number of hydrogen-bond donors (Lipinski definition) is 1. The lowest BCUT2D eigenvalue weighted by molar-refractivity contribution is -0.144. The summed E-state index contributed by atoms with van der Waals surface area (Å²) in [4.78, 5) is 22.7. The zero-order valence-electron chi connectivity index (χ0n) is 12.3. The fourth-order valence-electron chi connectivity index (χ4n) is 2.51. The molecule has 1 aromatic heterocycles. The maximum Gasteiger partial charge on any atom is 0.310 e. The van der Waals surface area contributed by atoms with Crippen LogP contribution in [0.15, 0.2) is 6.07 Å². The Morgan fingerprint density at radius 2 is 2.35 bits per heavy atom. The second kappa shape index (κ2) is 6.65. The number of esters is 1. The van der Waals surface area contributed by atoms with Crippen LogP contribution in [-0.2, 0) is 16.1 Å². The summed E-state index contributed by atoms with van der Waals surface area (Å²) in [5.74, 6) is 1.52. The molecule has 6 nitrogen and oxygen atoms in total. The topological polar surface area (TPSA) is 67.4 Å². The van der Waals surface area contributed by atoms with E-state index in [1.165, 1.54) is 7.11 Å². The van der Waals surface area contributed by atoms with Gasteiger partial charge >= 0.3 is 5.97 Å². The van der Waals surface area contributed by atoms with Crippen molar-refractivity contribution in [1.82, 2.24) is 14.9 Å². The quantitative estimate of drug-likeness (QED) is 0.817. The van der Waals surface area contributed by atoms with Crippen LogP contribution in [0.2, 0.25) is 0 Å². The number of carbonyl (C=O) groups is 1. The zero-order chi connectivity index (χ0) is 14.5. The van der Waals surface area contributed by atoms with Gasteiger partial charge in [0.1, 0.15) is 11.6 Å². The summed E-state index contributed by atoms with van der Waals surface area (Å²) in [6.45, 7) is 7.12. The van der Waals surface area contributed by atoms with Crippen molar-refractivity contribution in [3.8, 4) is 0 Å². The van der Waals surface area contributed by atoms with Crippen molar-refractivity contribution in [1.29, 1.82) is 0 Å².